The summed E-state index contributed by atoms with van der Waals surface area (Å²) in [7, 11) is -0.481. The number of hydrogen-bond acceptors (Lipinski definition) is 7. The van der Waals surface area contributed by atoms with Crippen molar-refractivity contribution in [3.8, 4) is 0 Å². The third kappa shape index (κ3) is 34.1. The molecule has 0 aliphatic heterocycles. The number of rotatable bonds is 35. The molecule has 0 unspecified atom stereocenters. The monoisotopic (exact) mass is 646 g/mol. The van der Waals surface area contributed by atoms with E-state index in [4.69, 9.17) is 14.0 Å². The molecule has 0 rings (SSSR count). The molecule has 254 valence electrons. The third-order valence-electron chi connectivity index (χ3n) is 8.06. The summed E-state index contributed by atoms with van der Waals surface area (Å²) in [4.78, 5) is 24.4. The molecule has 0 aromatic rings. The average molecular weight is 647 g/mol. The van der Waals surface area contributed by atoms with Crippen molar-refractivity contribution in [3.63, 3.8) is 0 Å². The van der Waals surface area contributed by atoms with Crippen LogP contribution < -0.4 is 0 Å². The minimum absolute atomic E-state index is 0.0568. The van der Waals surface area contributed by atoms with Crippen molar-refractivity contribution < 1.29 is 28.2 Å². The summed E-state index contributed by atoms with van der Waals surface area (Å²) >= 11 is 4.26. The minimum Gasteiger partial charge on any atom is -0.462 e. The number of carbonyl (C=O) groups excluding carboxylic acids is 2. The number of hydrogen-bond donors (Lipinski definition) is 1. The Labute approximate surface area is 272 Å². The zero-order valence-corrected chi connectivity index (χ0v) is 29.6. The van der Waals surface area contributed by atoms with Gasteiger partial charge in [0.25, 0.3) is 0 Å². The van der Waals surface area contributed by atoms with Crippen LogP contribution in [-0.4, -0.2) is 37.0 Å². The molecular weight excluding hydrogens is 579 g/mol. The lowest BCUT2D eigenvalue weighted by Gasteiger charge is -2.16. The Bertz CT molecular complexity index is 621. The Balaban J connectivity index is 3.72. The van der Waals surface area contributed by atoms with Gasteiger partial charge in [0.1, 0.15) is 13.2 Å². The topological polar surface area (TPSA) is 78.9 Å². The largest absolute Gasteiger partial charge is 0.462 e. The van der Waals surface area contributed by atoms with E-state index < -0.39 is 14.8 Å². The van der Waals surface area contributed by atoms with Crippen molar-refractivity contribution in [2.24, 2.45) is 0 Å². The first-order chi connectivity index (χ1) is 21.1. The van der Waals surface area contributed by atoms with Gasteiger partial charge in [-0.2, -0.15) is 12.6 Å². The predicted octanol–water partition coefficient (Wildman–Crippen LogP) is 11.5. The highest BCUT2D eigenvalue weighted by Gasteiger charge is 2.17. The fourth-order valence-electron chi connectivity index (χ4n) is 5.35. The van der Waals surface area contributed by atoms with Gasteiger partial charge in [0.2, 0.25) is 0 Å². The molecule has 0 aromatic heterocycles. The van der Waals surface area contributed by atoms with E-state index in [-0.39, 0.29) is 25.2 Å². The van der Waals surface area contributed by atoms with E-state index in [1.165, 1.54) is 128 Å². The second kappa shape index (κ2) is 35.8. The van der Waals surface area contributed by atoms with Crippen molar-refractivity contribution >= 4 is 33.3 Å². The maximum Gasteiger partial charge on any atom is 0.327 e. The Kier molecular flexibility index (Phi) is 35.3. The summed E-state index contributed by atoms with van der Waals surface area (Å²) in [5.74, 6) is 0.406. The molecule has 0 aromatic carbocycles. The first-order valence-corrected chi connectivity index (χ1v) is 19.4. The smallest absolute Gasteiger partial charge is 0.327 e. The van der Waals surface area contributed by atoms with Gasteiger partial charge in [-0.05, 0) is 25.0 Å². The van der Waals surface area contributed by atoms with E-state index in [0.29, 0.717) is 12.8 Å². The van der Waals surface area contributed by atoms with E-state index in [1.54, 1.807) is 0 Å². The van der Waals surface area contributed by atoms with Crippen LogP contribution in [0, 0.1) is 0 Å². The molecule has 0 saturated heterocycles. The molecule has 0 spiro atoms. The second-order valence-corrected chi connectivity index (χ2v) is 13.1. The number of carbonyl (C=O) groups is 2. The van der Waals surface area contributed by atoms with Gasteiger partial charge in [-0.3, -0.25) is 14.1 Å². The summed E-state index contributed by atoms with van der Waals surface area (Å²) in [6.07, 6.45) is 32.3. The van der Waals surface area contributed by atoms with Gasteiger partial charge in [-0.1, -0.05) is 155 Å². The fourth-order valence-corrected chi connectivity index (χ4v) is 5.80. The molecule has 0 fully saturated rings. The summed E-state index contributed by atoms with van der Waals surface area (Å²) in [5, 5.41) is 0. The van der Waals surface area contributed by atoms with Crippen LogP contribution in [0.5, 0.6) is 0 Å². The lowest BCUT2D eigenvalue weighted by atomic mass is 10.0. The van der Waals surface area contributed by atoms with Gasteiger partial charge in [0, 0.05) is 12.8 Å². The van der Waals surface area contributed by atoms with Gasteiger partial charge < -0.3 is 9.47 Å². The van der Waals surface area contributed by atoms with Crippen LogP contribution >= 0.6 is 21.3 Å². The molecule has 0 amide bonds. The van der Waals surface area contributed by atoms with Crippen molar-refractivity contribution in [2.45, 2.75) is 193 Å². The number of ether oxygens (including phenoxy) is 2. The van der Waals surface area contributed by atoms with E-state index >= 15 is 0 Å². The molecule has 43 heavy (non-hydrogen) atoms. The molecule has 0 aliphatic carbocycles. The fraction of sp³-hybridized carbons (Fsp3) is 0.943. The summed E-state index contributed by atoms with van der Waals surface area (Å²) < 4.78 is 26.4. The third-order valence-corrected chi connectivity index (χ3v) is 8.64. The van der Waals surface area contributed by atoms with Crippen LogP contribution in [0.25, 0.3) is 0 Å². The van der Waals surface area contributed by atoms with Crippen molar-refractivity contribution in [1.82, 2.24) is 0 Å². The van der Waals surface area contributed by atoms with Gasteiger partial charge >= 0.3 is 20.6 Å². The Morgan fingerprint density at radius 1 is 0.535 bits per heavy atom. The standard InChI is InChI=1S/C35H67O6PS/c1-2-3-4-5-6-7-8-10-14-17-20-23-26-29-35(37)41-33(32-40-42-38)31-39-34(36)28-25-22-19-16-13-11-9-12-15-18-21-24-27-30-43/h33,43H,2-32H2,1H3/t33-/m1/s1. The van der Waals surface area contributed by atoms with Gasteiger partial charge in [-0.25, -0.2) is 4.57 Å². The van der Waals surface area contributed by atoms with Crippen molar-refractivity contribution in [3.05, 3.63) is 0 Å². The Morgan fingerprint density at radius 2 is 0.907 bits per heavy atom. The Hall–Kier alpha value is -0.650. The molecule has 8 heteroatoms. The summed E-state index contributed by atoms with van der Waals surface area (Å²) in [6, 6.07) is 0. The number of esters is 2. The highest BCUT2D eigenvalue weighted by Crippen LogP contribution is 2.15. The molecule has 0 bridgehead atoms. The first-order valence-electron chi connectivity index (χ1n) is 18.0. The highest BCUT2D eigenvalue weighted by molar-refractivity contribution is 7.80. The van der Waals surface area contributed by atoms with Crippen molar-refractivity contribution in [2.75, 3.05) is 19.0 Å². The van der Waals surface area contributed by atoms with Crippen LogP contribution in [0.2, 0.25) is 0 Å². The minimum atomic E-state index is -0.729. The normalized spacial score (nSPS) is 12.0. The maximum absolute atomic E-state index is 12.3. The van der Waals surface area contributed by atoms with E-state index in [0.717, 1.165) is 44.3 Å². The lowest BCUT2D eigenvalue weighted by molar-refractivity contribution is -0.160. The SMILES string of the molecule is CCCCCCCCCCCCCCCC(=O)O[C@@H](COP=O)COC(=O)CCCCCCCCCCCCCCCS. The molecule has 0 radical (unpaired) electrons. The van der Waals surface area contributed by atoms with Crippen LogP contribution in [-0.2, 0) is 28.2 Å². The molecule has 1 atom stereocenters. The van der Waals surface area contributed by atoms with Gasteiger partial charge in [-0.15, -0.1) is 0 Å². The second-order valence-electron chi connectivity index (χ2n) is 12.2. The van der Waals surface area contributed by atoms with Crippen LogP contribution in [0.3, 0.4) is 0 Å². The van der Waals surface area contributed by atoms with E-state index in [1.807, 2.05) is 0 Å². The van der Waals surface area contributed by atoms with Gasteiger partial charge in [0.15, 0.2) is 6.10 Å². The Morgan fingerprint density at radius 3 is 1.30 bits per heavy atom. The first kappa shape index (κ1) is 42.3. The van der Waals surface area contributed by atoms with Crippen LogP contribution in [0.1, 0.15) is 187 Å². The summed E-state index contributed by atoms with van der Waals surface area (Å²) in [6.45, 7) is 2.14. The van der Waals surface area contributed by atoms with Crippen LogP contribution in [0.4, 0.5) is 0 Å². The van der Waals surface area contributed by atoms with Gasteiger partial charge in [0.05, 0.1) is 0 Å². The van der Waals surface area contributed by atoms with Crippen LogP contribution in [0.15, 0.2) is 0 Å². The molecule has 6 nitrogen and oxygen atoms in total. The molecule has 0 heterocycles. The zero-order chi connectivity index (χ0) is 31.5. The average Bonchev–Trinajstić information content (AvgIpc) is 3.01. The highest BCUT2D eigenvalue weighted by atomic mass is 32.1. The quantitative estimate of drug-likeness (QED) is 0.0319. The predicted molar refractivity (Wildman–Crippen MR) is 183 cm³/mol. The molecule has 0 aliphatic rings. The molecular formula is C35H67O6PS. The number of unbranched alkanes of at least 4 members (excludes halogenated alkanes) is 24. The molecule has 0 saturated carbocycles. The maximum atomic E-state index is 12.3. The van der Waals surface area contributed by atoms with Crippen molar-refractivity contribution in [1.29, 1.82) is 0 Å². The van der Waals surface area contributed by atoms with E-state index in [2.05, 4.69) is 19.6 Å². The molecule has 0 N–H and O–H groups in total. The number of thiol groups is 1. The van der Waals surface area contributed by atoms with E-state index in [9.17, 15) is 14.2 Å². The lowest BCUT2D eigenvalue weighted by Crippen LogP contribution is -2.28. The summed E-state index contributed by atoms with van der Waals surface area (Å²) in [5.41, 5.74) is 0. The zero-order valence-electron chi connectivity index (χ0n) is 27.8.